The van der Waals surface area contributed by atoms with Crippen LogP contribution in [0.1, 0.15) is 24.5 Å². The zero-order valence-corrected chi connectivity index (χ0v) is 16.8. The summed E-state index contributed by atoms with van der Waals surface area (Å²) in [5, 5.41) is 4.53. The van der Waals surface area contributed by atoms with E-state index in [1.807, 2.05) is 18.2 Å². The van der Waals surface area contributed by atoms with Gasteiger partial charge >= 0.3 is 0 Å². The first-order valence-electron chi connectivity index (χ1n) is 7.69. The number of rotatable bonds is 8. The van der Waals surface area contributed by atoms with Gasteiger partial charge in [-0.2, -0.15) is 0 Å². The average Bonchev–Trinajstić information content (AvgIpc) is 2.55. The highest BCUT2D eigenvalue weighted by Gasteiger charge is 2.14. The van der Waals surface area contributed by atoms with Gasteiger partial charge in [-0.25, -0.2) is 0 Å². The van der Waals surface area contributed by atoms with E-state index < -0.39 is 0 Å². The average molecular weight is 433 g/mol. The molecule has 1 N–H and O–H groups in total. The first kappa shape index (κ1) is 19.4. The van der Waals surface area contributed by atoms with Crippen LogP contribution in [-0.4, -0.2) is 13.7 Å². The van der Waals surface area contributed by atoms with Crippen LogP contribution in [0.5, 0.6) is 11.5 Å². The Morgan fingerprint density at radius 1 is 1.17 bits per heavy atom. The summed E-state index contributed by atoms with van der Waals surface area (Å²) in [4.78, 5) is 0. The third-order valence-electron chi connectivity index (χ3n) is 3.47. The van der Waals surface area contributed by atoms with E-state index >= 15 is 0 Å². The Morgan fingerprint density at radius 2 is 1.88 bits per heavy atom. The fourth-order valence-electron chi connectivity index (χ4n) is 2.24. The second-order valence-corrected chi connectivity index (χ2v) is 6.94. The molecule has 0 aromatic heterocycles. The molecule has 24 heavy (non-hydrogen) atoms. The smallest absolute Gasteiger partial charge is 0.175 e. The van der Waals surface area contributed by atoms with Crippen LogP contribution in [0.3, 0.4) is 0 Å². The molecule has 0 bridgehead atoms. The predicted octanol–water partition coefficient (Wildman–Crippen LogP) is 5.84. The fraction of sp³-hybridized carbons (Fsp3) is 0.333. The Labute approximate surface area is 161 Å². The van der Waals surface area contributed by atoms with Crippen molar-refractivity contribution in [3.63, 3.8) is 0 Å². The van der Waals surface area contributed by atoms with Crippen molar-refractivity contribution in [2.45, 2.75) is 26.5 Å². The lowest BCUT2D eigenvalue weighted by atomic mass is 10.2. The molecule has 0 atom stereocenters. The van der Waals surface area contributed by atoms with Crippen LogP contribution in [0, 0.1) is 0 Å². The van der Waals surface area contributed by atoms with Crippen LogP contribution in [0.2, 0.25) is 10.0 Å². The minimum atomic E-state index is 0.265. The Morgan fingerprint density at radius 3 is 2.50 bits per heavy atom. The van der Waals surface area contributed by atoms with Crippen molar-refractivity contribution in [3.8, 4) is 11.5 Å². The monoisotopic (exact) mass is 431 g/mol. The minimum absolute atomic E-state index is 0.265. The van der Waals surface area contributed by atoms with Crippen molar-refractivity contribution < 1.29 is 9.47 Å². The van der Waals surface area contributed by atoms with Gasteiger partial charge in [0, 0.05) is 22.2 Å². The topological polar surface area (TPSA) is 30.5 Å². The Balaban J connectivity index is 2.17. The second-order valence-electron chi connectivity index (χ2n) is 5.27. The van der Waals surface area contributed by atoms with Crippen molar-refractivity contribution in [2.24, 2.45) is 0 Å². The summed E-state index contributed by atoms with van der Waals surface area (Å²) in [6.45, 7) is 4.16. The number of nitrogens with one attached hydrogen (secondary N) is 1. The van der Waals surface area contributed by atoms with E-state index in [9.17, 15) is 0 Å². The van der Waals surface area contributed by atoms with Crippen molar-refractivity contribution in [2.75, 3.05) is 13.7 Å². The number of hydrogen-bond donors (Lipinski definition) is 1. The van der Waals surface area contributed by atoms with Crippen molar-refractivity contribution in [1.29, 1.82) is 0 Å². The maximum Gasteiger partial charge on any atom is 0.175 e. The number of benzene rings is 2. The van der Waals surface area contributed by atoms with Gasteiger partial charge in [0.2, 0.25) is 0 Å². The molecule has 0 saturated heterocycles. The van der Waals surface area contributed by atoms with E-state index in [0.29, 0.717) is 21.5 Å². The van der Waals surface area contributed by atoms with Gasteiger partial charge in [-0.15, -0.1) is 0 Å². The van der Waals surface area contributed by atoms with Gasteiger partial charge in [0.15, 0.2) is 11.5 Å². The molecule has 6 heteroatoms. The lowest BCUT2D eigenvalue weighted by Gasteiger charge is -2.16. The standard InChI is InChI=1S/C18H20BrCl2NO2/c1-3-7-22-10-12-8-14(19)18(17(9-12)23-2)24-11-13-15(20)5-4-6-16(13)21/h4-6,8-9,22H,3,7,10-11H2,1-2H3. The van der Waals surface area contributed by atoms with Gasteiger partial charge in [0.1, 0.15) is 6.61 Å². The van der Waals surface area contributed by atoms with E-state index in [1.54, 1.807) is 19.2 Å². The maximum absolute atomic E-state index is 6.19. The summed E-state index contributed by atoms with van der Waals surface area (Å²) in [5.41, 5.74) is 1.87. The van der Waals surface area contributed by atoms with Crippen LogP contribution in [-0.2, 0) is 13.2 Å². The second kappa shape index (κ2) is 9.52. The van der Waals surface area contributed by atoms with Crippen molar-refractivity contribution in [3.05, 3.63) is 56.0 Å². The van der Waals surface area contributed by atoms with E-state index in [1.165, 1.54) is 0 Å². The maximum atomic E-state index is 6.19. The Hall–Kier alpha value is -0.940. The zero-order chi connectivity index (χ0) is 17.5. The summed E-state index contributed by atoms with van der Waals surface area (Å²) in [5.74, 6) is 1.30. The Bertz CT molecular complexity index is 675. The van der Waals surface area contributed by atoms with Gasteiger partial charge in [-0.1, -0.05) is 36.2 Å². The molecule has 0 amide bonds. The third-order valence-corrected chi connectivity index (χ3v) is 4.76. The number of ether oxygens (including phenoxy) is 2. The van der Waals surface area contributed by atoms with E-state index in [-0.39, 0.29) is 6.61 Å². The van der Waals surface area contributed by atoms with Crippen LogP contribution in [0.4, 0.5) is 0 Å². The molecule has 130 valence electrons. The van der Waals surface area contributed by atoms with Crippen LogP contribution < -0.4 is 14.8 Å². The first-order chi connectivity index (χ1) is 11.6. The molecule has 0 saturated carbocycles. The molecule has 0 aliphatic heterocycles. The lowest BCUT2D eigenvalue weighted by molar-refractivity contribution is 0.282. The number of methoxy groups -OCH3 is 1. The molecule has 2 rings (SSSR count). The number of hydrogen-bond acceptors (Lipinski definition) is 3. The van der Waals surface area contributed by atoms with Crippen LogP contribution >= 0.6 is 39.1 Å². The molecule has 0 heterocycles. The molecule has 0 spiro atoms. The summed E-state index contributed by atoms with van der Waals surface area (Å²) >= 11 is 15.9. The van der Waals surface area contributed by atoms with Gasteiger partial charge in [0.05, 0.1) is 11.6 Å². The highest BCUT2D eigenvalue weighted by atomic mass is 79.9. The lowest BCUT2D eigenvalue weighted by Crippen LogP contribution is -2.14. The van der Waals surface area contributed by atoms with Gasteiger partial charge in [0.25, 0.3) is 0 Å². The van der Waals surface area contributed by atoms with Gasteiger partial charge in [-0.05, 0) is 58.7 Å². The molecule has 3 nitrogen and oxygen atoms in total. The van der Waals surface area contributed by atoms with E-state index in [0.717, 1.165) is 35.1 Å². The van der Waals surface area contributed by atoms with Crippen LogP contribution in [0.25, 0.3) is 0 Å². The third kappa shape index (κ3) is 5.03. The predicted molar refractivity (Wildman–Crippen MR) is 103 cm³/mol. The molecular formula is C18H20BrCl2NO2. The SMILES string of the molecule is CCCNCc1cc(Br)c(OCc2c(Cl)cccc2Cl)c(OC)c1. The Kier molecular flexibility index (Phi) is 7.69. The summed E-state index contributed by atoms with van der Waals surface area (Å²) in [7, 11) is 1.63. The molecular weight excluding hydrogens is 413 g/mol. The largest absolute Gasteiger partial charge is 0.493 e. The van der Waals surface area contributed by atoms with E-state index in [4.69, 9.17) is 32.7 Å². The van der Waals surface area contributed by atoms with Crippen LogP contribution in [0.15, 0.2) is 34.8 Å². The molecule has 0 unspecified atom stereocenters. The quantitative estimate of drug-likeness (QED) is 0.531. The van der Waals surface area contributed by atoms with Crippen molar-refractivity contribution in [1.82, 2.24) is 5.32 Å². The summed E-state index contributed by atoms with van der Waals surface area (Å²) in [6.07, 6.45) is 1.10. The summed E-state index contributed by atoms with van der Waals surface area (Å²) in [6, 6.07) is 9.39. The van der Waals surface area contributed by atoms with Crippen molar-refractivity contribution >= 4 is 39.1 Å². The highest BCUT2D eigenvalue weighted by molar-refractivity contribution is 9.10. The molecule has 2 aromatic rings. The zero-order valence-electron chi connectivity index (χ0n) is 13.7. The highest BCUT2D eigenvalue weighted by Crippen LogP contribution is 2.38. The summed E-state index contributed by atoms with van der Waals surface area (Å²) < 4.78 is 12.2. The molecule has 0 fully saturated rings. The fourth-order valence-corrected chi connectivity index (χ4v) is 3.35. The molecule has 0 radical (unpaired) electrons. The normalized spacial score (nSPS) is 10.7. The minimum Gasteiger partial charge on any atom is -0.493 e. The molecule has 2 aromatic carbocycles. The first-order valence-corrected chi connectivity index (χ1v) is 9.24. The molecule has 0 aliphatic rings. The van der Waals surface area contributed by atoms with E-state index in [2.05, 4.69) is 28.2 Å². The molecule has 0 aliphatic carbocycles. The van der Waals surface area contributed by atoms with Gasteiger partial charge < -0.3 is 14.8 Å². The van der Waals surface area contributed by atoms with Gasteiger partial charge in [-0.3, -0.25) is 0 Å². The number of halogens is 3.